The van der Waals surface area contributed by atoms with E-state index in [1.54, 1.807) is 7.11 Å². The Hall–Kier alpha value is -5.93. The van der Waals surface area contributed by atoms with Crippen LogP contribution in [0.1, 0.15) is 53.1 Å². The third-order valence-electron chi connectivity index (χ3n) is 11.2. The number of piperidine rings is 2. The number of piperazine rings is 1. The van der Waals surface area contributed by atoms with Gasteiger partial charge in [-0.3, -0.25) is 29.4 Å². The monoisotopic (exact) mass is 792 g/mol. The predicted octanol–water partition coefficient (Wildman–Crippen LogP) is 4.61. The Morgan fingerprint density at radius 1 is 0.930 bits per heavy atom. The Labute approximate surface area is 335 Å². The third kappa shape index (κ3) is 8.59. The first-order chi connectivity index (χ1) is 27.7. The fraction of sp³-hybridized carbons (Fsp3) is 0.366. The van der Waals surface area contributed by atoms with Gasteiger partial charge in [-0.05, 0) is 79.7 Å². The lowest BCUT2D eigenvalue weighted by atomic mass is 9.89. The van der Waals surface area contributed by atoms with Gasteiger partial charge in [0.25, 0.3) is 5.91 Å². The van der Waals surface area contributed by atoms with Crippen LogP contribution in [0.4, 0.5) is 34.5 Å². The number of aromatic nitrogens is 2. The van der Waals surface area contributed by atoms with Gasteiger partial charge in [0.15, 0.2) is 5.82 Å². The molecule has 16 heteroatoms. The maximum atomic E-state index is 13.4. The highest BCUT2D eigenvalue weighted by Crippen LogP contribution is 2.34. The van der Waals surface area contributed by atoms with Crippen molar-refractivity contribution in [2.45, 2.75) is 44.2 Å². The van der Waals surface area contributed by atoms with Gasteiger partial charge < -0.3 is 35.8 Å². The van der Waals surface area contributed by atoms with E-state index in [1.807, 2.05) is 53.4 Å². The molecule has 57 heavy (non-hydrogen) atoms. The van der Waals surface area contributed by atoms with E-state index in [0.717, 1.165) is 42.9 Å². The SMILES string of the molecule is COc1cc(N2CCN(C(=O)CN3CCC(c4ccc(NC5CCC(=O)NC5=O)cc4)CC3)CC2)ccc1Nc1ncc(Cl)c(Nc2cccc3c2C(=O)NC3)n1. The maximum Gasteiger partial charge on any atom is 0.254 e. The molecule has 0 aliphatic carbocycles. The molecule has 1 unspecified atom stereocenters. The van der Waals surface area contributed by atoms with Crippen LogP contribution in [-0.4, -0.2) is 102 Å². The van der Waals surface area contributed by atoms with Crippen molar-refractivity contribution in [3.63, 3.8) is 0 Å². The van der Waals surface area contributed by atoms with Crippen molar-refractivity contribution >= 4 is 69.7 Å². The Kier molecular flexibility index (Phi) is 11.1. The van der Waals surface area contributed by atoms with E-state index >= 15 is 0 Å². The number of ether oxygens (including phenoxy) is 1. The predicted molar refractivity (Wildman–Crippen MR) is 218 cm³/mol. The second-order valence-electron chi connectivity index (χ2n) is 14.7. The van der Waals surface area contributed by atoms with Gasteiger partial charge in [0.05, 0.1) is 36.8 Å². The minimum Gasteiger partial charge on any atom is -0.494 e. The van der Waals surface area contributed by atoms with Gasteiger partial charge in [-0.25, -0.2) is 4.98 Å². The highest BCUT2D eigenvalue weighted by atomic mass is 35.5. The van der Waals surface area contributed by atoms with Gasteiger partial charge in [-0.15, -0.1) is 0 Å². The van der Waals surface area contributed by atoms with Crippen LogP contribution in [0.25, 0.3) is 0 Å². The molecule has 8 rings (SSSR count). The van der Waals surface area contributed by atoms with Crippen molar-refractivity contribution in [3.05, 3.63) is 88.6 Å². The van der Waals surface area contributed by atoms with Crippen molar-refractivity contribution in [1.29, 1.82) is 0 Å². The third-order valence-corrected chi connectivity index (χ3v) is 11.4. The summed E-state index contributed by atoms with van der Waals surface area (Å²) in [5.41, 5.74) is 5.87. The lowest BCUT2D eigenvalue weighted by Gasteiger charge is -2.38. The Bertz CT molecular complexity index is 2170. The zero-order valence-electron chi connectivity index (χ0n) is 31.6. The highest BCUT2D eigenvalue weighted by molar-refractivity contribution is 6.33. The summed E-state index contributed by atoms with van der Waals surface area (Å²) < 4.78 is 5.75. The second-order valence-corrected chi connectivity index (χ2v) is 15.1. The number of halogens is 1. The van der Waals surface area contributed by atoms with Gasteiger partial charge in [0.1, 0.15) is 16.8 Å². The van der Waals surface area contributed by atoms with E-state index in [9.17, 15) is 19.2 Å². The minimum atomic E-state index is -0.401. The van der Waals surface area contributed by atoms with E-state index in [4.69, 9.17) is 16.3 Å². The molecule has 296 valence electrons. The molecule has 3 fully saturated rings. The molecule has 15 nitrogen and oxygen atoms in total. The standard InChI is InChI=1S/C41H45ClN10O5/c1-57-34-21-29(9-10-31(34)47-41-44-23-30(42)38(49-41)46-32-4-2-3-27-22-43-40(56)37(27)32)51-17-19-52(20-18-51)36(54)24-50-15-13-26(14-16-50)25-5-7-28(8-6-25)45-33-11-12-35(53)48-39(33)55/h2-10,21,23,26,33,45H,11-20,22,24H2,1H3,(H,43,56)(H,48,53,55)(H2,44,46,47,49). The van der Waals surface area contributed by atoms with Crippen LogP contribution in [-0.2, 0) is 20.9 Å². The number of amides is 4. The lowest BCUT2D eigenvalue weighted by molar-refractivity contribution is -0.134. The molecule has 0 radical (unpaired) electrons. The fourth-order valence-electron chi connectivity index (χ4n) is 7.94. The summed E-state index contributed by atoms with van der Waals surface area (Å²) in [6.45, 7) is 5.30. The van der Waals surface area contributed by atoms with E-state index in [0.29, 0.717) is 97.5 Å². The maximum absolute atomic E-state index is 13.4. The summed E-state index contributed by atoms with van der Waals surface area (Å²) in [6, 6.07) is 19.3. The van der Waals surface area contributed by atoms with Gasteiger partial charge in [0.2, 0.25) is 23.7 Å². The highest BCUT2D eigenvalue weighted by Gasteiger charge is 2.29. The average Bonchev–Trinajstić information content (AvgIpc) is 3.62. The number of likely N-dealkylation sites (tertiary alicyclic amines) is 1. The largest absolute Gasteiger partial charge is 0.494 e. The number of hydrogen-bond donors (Lipinski definition) is 5. The number of hydrogen-bond acceptors (Lipinski definition) is 12. The van der Waals surface area contributed by atoms with Crippen LogP contribution in [0.5, 0.6) is 5.75 Å². The lowest BCUT2D eigenvalue weighted by Crippen LogP contribution is -2.51. The summed E-state index contributed by atoms with van der Waals surface area (Å²) in [5.74, 6) is 1.21. The Balaban J connectivity index is 0.805. The van der Waals surface area contributed by atoms with Crippen molar-refractivity contribution in [1.82, 2.24) is 30.4 Å². The Morgan fingerprint density at radius 3 is 2.47 bits per heavy atom. The van der Waals surface area contributed by atoms with Crippen LogP contribution in [0, 0.1) is 0 Å². The van der Waals surface area contributed by atoms with Crippen LogP contribution >= 0.6 is 11.6 Å². The average molecular weight is 793 g/mol. The summed E-state index contributed by atoms with van der Waals surface area (Å²) in [6.07, 6.45) is 4.29. The number of rotatable bonds is 11. The molecule has 4 aliphatic rings. The summed E-state index contributed by atoms with van der Waals surface area (Å²) in [7, 11) is 1.61. The van der Waals surface area contributed by atoms with E-state index in [-0.39, 0.29) is 23.6 Å². The number of carbonyl (C=O) groups excluding carboxylic acids is 4. The topological polar surface area (TPSA) is 173 Å². The minimum absolute atomic E-state index is 0.147. The van der Waals surface area contributed by atoms with Gasteiger partial charge >= 0.3 is 0 Å². The normalized spacial score (nSPS) is 18.8. The van der Waals surface area contributed by atoms with E-state index in [1.165, 1.54) is 11.8 Å². The Morgan fingerprint density at radius 2 is 1.72 bits per heavy atom. The molecule has 1 atom stereocenters. The van der Waals surface area contributed by atoms with Crippen LogP contribution < -0.4 is 36.2 Å². The number of methoxy groups -OCH3 is 1. The quantitative estimate of drug-likeness (QED) is 0.134. The van der Waals surface area contributed by atoms with Crippen LogP contribution in [0.3, 0.4) is 0 Å². The van der Waals surface area contributed by atoms with E-state index in [2.05, 4.69) is 58.5 Å². The summed E-state index contributed by atoms with van der Waals surface area (Å²) in [5, 5.41) is 15.2. The number of carbonyl (C=O) groups is 4. The number of imide groups is 1. The zero-order chi connectivity index (χ0) is 39.5. The fourth-order valence-corrected chi connectivity index (χ4v) is 8.08. The van der Waals surface area contributed by atoms with Crippen LogP contribution in [0.15, 0.2) is 66.9 Å². The molecule has 0 bridgehead atoms. The first-order valence-electron chi connectivity index (χ1n) is 19.3. The summed E-state index contributed by atoms with van der Waals surface area (Å²) in [4.78, 5) is 64.8. The van der Waals surface area contributed by atoms with Crippen molar-refractivity contribution in [3.8, 4) is 5.75 Å². The molecule has 0 spiro atoms. The smallest absolute Gasteiger partial charge is 0.254 e. The molecule has 3 saturated heterocycles. The first kappa shape index (κ1) is 38.0. The van der Waals surface area contributed by atoms with Crippen molar-refractivity contribution in [2.24, 2.45) is 0 Å². The molecule has 5 N–H and O–H groups in total. The van der Waals surface area contributed by atoms with Gasteiger partial charge in [0, 0.05) is 56.6 Å². The van der Waals surface area contributed by atoms with Crippen molar-refractivity contribution in [2.75, 3.05) is 73.8 Å². The number of fused-ring (bicyclic) bond motifs is 1. The zero-order valence-corrected chi connectivity index (χ0v) is 32.4. The molecule has 0 saturated carbocycles. The number of benzene rings is 3. The molecule has 4 aliphatic heterocycles. The first-order valence-corrected chi connectivity index (χ1v) is 19.7. The molecule has 4 amide bonds. The van der Waals surface area contributed by atoms with Crippen LogP contribution in [0.2, 0.25) is 5.02 Å². The molecular weight excluding hydrogens is 748 g/mol. The molecule has 1 aromatic heterocycles. The summed E-state index contributed by atoms with van der Waals surface area (Å²) >= 11 is 6.45. The number of anilines is 6. The number of nitrogens with one attached hydrogen (secondary N) is 5. The second kappa shape index (κ2) is 16.7. The molecule has 5 heterocycles. The van der Waals surface area contributed by atoms with Gasteiger partial charge in [-0.1, -0.05) is 35.9 Å². The molecule has 3 aromatic carbocycles. The van der Waals surface area contributed by atoms with Gasteiger partial charge in [-0.2, -0.15) is 4.98 Å². The van der Waals surface area contributed by atoms with E-state index < -0.39 is 6.04 Å². The number of nitrogens with zero attached hydrogens (tertiary/aromatic N) is 5. The molecular formula is C41H45ClN10O5. The van der Waals surface area contributed by atoms with Crippen molar-refractivity contribution < 1.29 is 23.9 Å². The molecule has 4 aromatic rings.